The maximum atomic E-state index is 12.6. The van der Waals surface area contributed by atoms with E-state index in [1.165, 1.54) is 24.3 Å². The number of hydrogen-bond acceptors (Lipinski definition) is 9. The van der Waals surface area contributed by atoms with Crippen LogP contribution in [0.15, 0.2) is 54.6 Å². The van der Waals surface area contributed by atoms with Gasteiger partial charge in [0.2, 0.25) is 11.8 Å². The number of aliphatic hydroxyl groups excluding tert-OH is 1. The quantitative estimate of drug-likeness (QED) is 0.158. The van der Waals surface area contributed by atoms with Gasteiger partial charge in [0.05, 0.1) is 30.5 Å². The van der Waals surface area contributed by atoms with Crippen LogP contribution in [0.1, 0.15) is 36.8 Å². The van der Waals surface area contributed by atoms with Gasteiger partial charge in [0.25, 0.3) is 5.69 Å². The van der Waals surface area contributed by atoms with Gasteiger partial charge in [0, 0.05) is 24.6 Å². The number of non-ortho nitro benzene ring substituents is 1. The third-order valence-electron chi connectivity index (χ3n) is 5.37. The number of primary amides is 1. The van der Waals surface area contributed by atoms with E-state index >= 15 is 0 Å². The van der Waals surface area contributed by atoms with Crippen LogP contribution in [0.3, 0.4) is 0 Å². The Kier molecular flexibility index (Phi) is 11.6. The molecular weight excluding hydrogens is 500 g/mol. The lowest BCUT2D eigenvalue weighted by Gasteiger charge is -2.26. The van der Waals surface area contributed by atoms with Crippen LogP contribution in [0.25, 0.3) is 0 Å². The maximum absolute atomic E-state index is 12.6. The molecule has 0 heterocycles. The van der Waals surface area contributed by atoms with Crippen molar-refractivity contribution in [3.8, 4) is 0 Å². The predicted molar refractivity (Wildman–Crippen MR) is 133 cm³/mol. The van der Waals surface area contributed by atoms with Crippen LogP contribution in [-0.4, -0.2) is 59.2 Å². The van der Waals surface area contributed by atoms with E-state index in [-0.39, 0.29) is 31.9 Å². The number of alkyl carbamates (subject to hydrolysis) is 1. The number of carbonyl (C=O) groups excluding carboxylic acids is 4. The van der Waals surface area contributed by atoms with Crippen molar-refractivity contribution in [1.29, 1.82) is 0 Å². The van der Waals surface area contributed by atoms with E-state index in [1.54, 1.807) is 31.2 Å². The highest BCUT2D eigenvalue weighted by Gasteiger charge is 2.32. The van der Waals surface area contributed by atoms with Gasteiger partial charge < -0.3 is 30.9 Å². The van der Waals surface area contributed by atoms with Crippen molar-refractivity contribution >= 4 is 29.6 Å². The second-order valence-electron chi connectivity index (χ2n) is 8.21. The molecule has 204 valence electrons. The Morgan fingerprint density at radius 1 is 1.03 bits per heavy atom. The third-order valence-corrected chi connectivity index (χ3v) is 5.37. The Bertz CT molecular complexity index is 1110. The van der Waals surface area contributed by atoms with E-state index in [9.17, 15) is 34.4 Å². The molecule has 2 aromatic carbocycles. The summed E-state index contributed by atoms with van der Waals surface area (Å²) in [5.74, 6) is -3.42. The van der Waals surface area contributed by atoms with Crippen molar-refractivity contribution in [3.63, 3.8) is 0 Å². The highest BCUT2D eigenvalue weighted by Crippen LogP contribution is 2.26. The molecule has 13 heteroatoms. The van der Waals surface area contributed by atoms with E-state index in [0.29, 0.717) is 5.56 Å². The largest absolute Gasteiger partial charge is 0.466 e. The molecule has 0 bridgehead atoms. The molecule has 2 aromatic rings. The Hall–Kier alpha value is -4.52. The topological polar surface area (TPSA) is 200 Å². The number of ether oxygens (including phenoxy) is 2. The number of carbonyl (C=O) groups is 4. The zero-order chi connectivity index (χ0) is 28.1. The van der Waals surface area contributed by atoms with Crippen molar-refractivity contribution in [1.82, 2.24) is 10.6 Å². The number of esters is 1. The summed E-state index contributed by atoms with van der Waals surface area (Å²) in [7, 11) is 0. The monoisotopic (exact) mass is 530 g/mol. The summed E-state index contributed by atoms with van der Waals surface area (Å²) in [5.41, 5.74) is 6.40. The number of nitrogens with two attached hydrogens (primary N) is 1. The van der Waals surface area contributed by atoms with Crippen molar-refractivity contribution < 1.29 is 38.7 Å². The number of amides is 3. The van der Waals surface area contributed by atoms with Crippen molar-refractivity contribution in [2.45, 2.75) is 44.4 Å². The minimum Gasteiger partial charge on any atom is -0.466 e. The smallest absolute Gasteiger partial charge is 0.407 e. The molecule has 38 heavy (non-hydrogen) atoms. The van der Waals surface area contributed by atoms with Crippen LogP contribution >= 0.6 is 0 Å². The lowest BCUT2D eigenvalue weighted by Crippen LogP contribution is -2.49. The fraction of sp³-hybridized carbons (Fsp3) is 0.360. The van der Waals surface area contributed by atoms with Gasteiger partial charge in [-0.2, -0.15) is 0 Å². The summed E-state index contributed by atoms with van der Waals surface area (Å²) < 4.78 is 9.98. The molecule has 0 unspecified atom stereocenters. The van der Waals surface area contributed by atoms with E-state index < -0.39 is 53.3 Å². The molecular formula is C25H30N4O9. The van der Waals surface area contributed by atoms with Gasteiger partial charge in [0.1, 0.15) is 12.6 Å². The van der Waals surface area contributed by atoms with Crippen molar-refractivity contribution in [3.05, 3.63) is 75.8 Å². The SMILES string of the molecule is CCOC(=O)C[C@H](c1ccc([N+](=O)[O-])cc1)[C@H](NC(=O)C[C@H](O)CNC(=O)OCc1ccccc1)C(N)=O. The molecule has 0 aliphatic heterocycles. The number of nitro benzene ring substituents is 1. The van der Waals surface area contributed by atoms with Gasteiger partial charge in [-0.3, -0.25) is 24.5 Å². The number of nitrogens with one attached hydrogen (secondary N) is 2. The molecule has 0 aliphatic carbocycles. The van der Waals surface area contributed by atoms with Gasteiger partial charge >= 0.3 is 12.1 Å². The first-order chi connectivity index (χ1) is 18.1. The van der Waals surface area contributed by atoms with E-state index in [4.69, 9.17) is 15.2 Å². The molecule has 5 N–H and O–H groups in total. The minimum atomic E-state index is -1.40. The molecule has 3 amide bonds. The summed E-state index contributed by atoms with van der Waals surface area (Å²) in [6, 6.07) is 12.6. The highest BCUT2D eigenvalue weighted by atomic mass is 16.6. The minimum absolute atomic E-state index is 0.0219. The summed E-state index contributed by atoms with van der Waals surface area (Å²) in [4.78, 5) is 59.3. The van der Waals surface area contributed by atoms with Gasteiger partial charge in [-0.1, -0.05) is 42.5 Å². The maximum Gasteiger partial charge on any atom is 0.407 e. The second kappa shape index (κ2) is 14.9. The Morgan fingerprint density at radius 2 is 1.68 bits per heavy atom. The normalized spacial score (nSPS) is 12.9. The molecule has 13 nitrogen and oxygen atoms in total. The summed E-state index contributed by atoms with van der Waals surface area (Å²) >= 11 is 0. The van der Waals surface area contributed by atoms with E-state index in [2.05, 4.69) is 10.6 Å². The molecule has 0 radical (unpaired) electrons. The third kappa shape index (κ3) is 9.85. The van der Waals surface area contributed by atoms with Gasteiger partial charge in [-0.25, -0.2) is 4.79 Å². The summed E-state index contributed by atoms with van der Waals surface area (Å²) in [5, 5.41) is 25.9. The molecule has 0 fully saturated rings. The summed E-state index contributed by atoms with van der Waals surface area (Å²) in [6.45, 7) is 1.39. The van der Waals surface area contributed by atoms with Crippen LogP contribution in [0.2, 0.25) is 0 Å². The Labute approximate surface area is 218 Å². The first kappa shape index (κ1) is 29.7. The molecule has 0 saturated heterocycles. The molecule has 3 atom stereocenters. The zero-order valence-electron chi connectivity index (χ0n) is 20.7. The van der Waals surface area contributed by atoms with Crippen LogP contribution < -0.4 is 16.4 Å². The van der Waals surface area contributed by atoms with Crippen LogP contribution in [0.4, 0.5) is 10.5 Å². The number of rotatable bonds is 14. The standard InChI is InChI=1S/C25H30N4O9/c1-2-37-22(32)13-20(17-8-10-18(11-9-17)29(35)36)23(24(26)33)28-21(31)12-19(30)14-27-25(34)38-15-16-6-4-3-5-7-16/h3-11,19-20,23,30H,2,12-15H2,1H3,(H2,26,33)(H,27,34)(H,28,31)/t19-,20+,23-/m0/s1. The fourth-order valence-corrected chi connectivity index (χ4v) is 3.53. The molecule has 0 saturated carbocycles. The molecule has 0 aliphatic rings. The lowest BCUT2D eigenvalue weighted by atomic mass is 9.87. The van der Waals surface area contributed by atoms with Crippen molar-refractivity contribution in [2.24, 2.45) is 5.73 Å². The van der Waals surface area contributed by atoms with E-state index in [0.717, 1.165) is 5.56 Å². The molecule has 0 spiro atoms. The number of nitro groups is 1. The second-order valence-corrected chi connectivity index (χ2v) is 8.21. The van der Waals surface area contributed by atoms with Gasteiger partial charge in [-0.05, 0) is 18.1 Å². The Balaban J connectivity index is 2.00. The Morgan fingerprint density at radius 3 is 2.26 bits per heavy atom. The molecule has 2 rings (SSSR count). The van der Waals surface area contributed by atoms with Crippen LogP contribution in [0.5, 0.6) is 0 Å². The van der Waals surface area contributed by atoms with Crippen LogP contribution in [0, 0.1) is 10.1 Å². The summed E-state index contributed by atoms with van der Waals surface area (Å²) in [6.07, 6.45) is -2.97. The average Bonchev–Trinajstić information content (AvgIpc) is 2.89. The first-order valence-corrected chi connectivity index (χ1v) is 11.7. The van der Waals surface area contributed by atoms with Crippen molar-refractivity contribution in [2.75, 3.05) is 13.2 Å². The van der Waals surface area contributed by atoms with E-state index in [1.807, 2.05) is 6.07 Å². The number of benzene rings is 2. The highest BCUT2D eigenvalue weighted by molar-refractivity contribution is 5.88. The molecule has 0 aromatic heterocycles. The first-order valence-electron chi connectivity index (χ1n) is 11.7. The predicted octanol–water partition coefficient (Wildman–Crippen LogP) is 1.28. The zero-order valence-corrected chi connectivity index (χ0v) is 20.7. The lowest BCUT2D eigenvalue weighted by molar-refractivity contribution is -0.384. The number of aliphatic hydroxyl groups is 1. The van der Waals surface area contributed by atoms with Crippen LogP contribution in [-0.2, 0) is 30.5 Å². The fourth-order valence-electron chi connectivity index (χ4n) is 3.53. The van der Waals surface area contributed by atoms with Gasteiger partial charge in [-0.15, -0.1) is 0 Å². The average molecular weight is 531 g/mol. The van der Waals surface area contributed by atoms with Gasteiger partial charge in [0.15, 0.2) is 0 Å². The number of nitrogens with zero attached hydrogens (tertiary/aromatic N) is 1. The number of hydrogen-bond donors (Lipinski definition) is 4.